The summed E-state index contributed by atoms with van der Waals surface area (Å²) in [7, 11) is -1.76. The van der Waals surface area contributed by atoms with Crippen LogP contribution in [-0.4, -0.2) is 31.8 Å². The van der Waals surface area contributed by atoms with E-state index >= 15 is 0 Å². The first-order valence-electron chi connectivity index (χ1n) is 8.77. The van der Waals surface area contributed by atoms with E-state index in [0.29, 0.717) is 15.6 Å². The van der Waals surface area contributed by atoms with Gasteiger partial charge in [-0.3, -0.25) is 0 Å². The smallest absolute Gasteiger partial charge is 0.176 e. The molecule has 0 saturated heterocycles. The highest BCUT2D eigenvalue weighted by Gasteiger charge is 2.19. The van der Waals surface area contributed by atoms with Gasteiger partial charge in [-0.2, -0.15) is 0 Å². The third-order valence-corrected chi connectivity index (χ3v) is 7.48. The number of hydrogen-bond donors (Lipinski definition) is 0. The van der Waals surface area contributed by atoms with Crippen molar-refractivity contribution in [3.05, 3.63) is 65.8 Å². The van der Waals surface area contributed by atoms with Gasteiger partial charge >= 0.3 is 0 Å². The van der Waals surface area contributed by atoms with Crippen molar-refractivity contribution >= 4 is 43.2 Å². The molecule has 0 aliphatic heterocycles. The lowest BCUT2D eigenvalue weighted by Crippen LogP contribution is -2.01. The zero-order valence-electron chi connectivity index (χ0n) is 15.8. The number of methoxy groups -OCH3 is 1. The van der Waals surface area contributed by atoms with E-state index in [2.05, 4.69) is 10.4 Å². The largest absolute Gasteiger partial charge is 0.377 e. The molecule has 0 unspecified atom stereocenters. The normalized spacial score (nSPS) is 11.8. The van der Waals surface area contributed by atoms with Crippen molar-refractivity contribution in [2.75, 3.05) is 13.4 Å². The van der Waals surface area contributed by atoms with Gasteiger partial charge in [0.1, 0.15) is 16.5 Å². The first-order chi connectivity index (χ1) is 14.0. The molecule has 0 N–H and O–H groups in total. The molecule has 2 heterocycles. The van der Waals surface area contributed by atoms with Gasteiger partial charge in [0.25, 0.3) is 0 Å². The highest BCUT2D eigenvalue weighted by atomic mass is 32.2. The molecule has 0 aliphatic rings. The molecule has 148 valence electrons. The van der Waals surface area contributed by atoms with E-state index < -0.39 is 9.84 Å². The average molecular weight is 443 g/mol. The van der Waals surface area contributed by atoms with E-state index in [1.54, 1.807) is 36.6 Å². The average Bonchev–Trinajstić information content (AvgIpc) is 3.13. The Balaban J connectivity index is 1.92. The van der Waals surface area contributed by atoms with Gasteiger partial charge in [-0.1, -0.05) is 54.2 Å². The SMILES string of the molecule is COCc1nc(Sc2ccccc2S(C)(=O)=O)c2c(-c3ccccc3)csc2n1. The third kappa shape index (κ3) is 4.20. The van der Waals surface area contributed by atoms with Crippen molar-refractivity contribution in [1.82, 2.24) is 9.97 Å². The molecule has 0 spiro atoms. The standard InChI is InChI=1S/C21H18N2O3S3/c1-26-12-18-22-20-19(15(13-27-20)14-8-4-3-5-9-14)21(23-18)28-16-10-6-7-11-17(16)29(2,24)25/h3-11,13H,12H2,1-2H3. The van der Waals surface area contributed by atoms with Crippen LogP contribution < -0.4 is 0 Å². The molecule has 0 radical (unpaired) electrons. The Morgan fingerprint density at radius 3 is 2.48 bits per heavy atom. The lowest BCUT2D eigenvalue weighted by atomic mass is 10.1. The van der Waals surface area contributed by atoms with Crippen LogP contribution in [0, 0.1) is 0 Å². The van der Waals surface area contributed by atoms with Crippen LogP contribution in [0.2, 0.25) is 0 Å². The molecule has 0 amide bonds. The summed E-state index contributed by atoms with van der Waals surface area (Å²) in [6.07, 6.45) is 1.22. The number of sulfone groups is 1. The van der Waals surface area contributed by atoms with E-state index in [-0.39, 0.29) is 6.61 Å². The van der Waals surface area contributed by atoms with Crippen LogP contribution in [0.15, 0.2) is 74.8 Å². The maximum absolute atomic E-state index is 12.3. The lowest BCUT2D eigenvalue weighted by molar-refractivity contribution is 0.177. The molecule has 2 aromatic carbocycles. The minimum atomic E-state index is -3.36. The Morgan fingerprint density at radius 2 is 1.76 bits per heavy atom. The van der Waals surface area contributed by atoms with Gasteiger partial charge in [-0.15, -0.1) is 11.3 Å². The molecule has 29 heavy (non-hydrogen) atoms. The number of ether oxygens (including phenoxy) is 1. The molecule has 2 aromatic heterocycles. The number of thiophene rings is 1. The zero-order valence-corrected chi connectivity index (χ0v) is 18.3. The van der Waals surface area contributed by atoms with Gasteiger partial charge in [-0.25, -0.2) is 18.4 Å². The van der Waals surface area contributed by atoms with E-state index in [0.717, 1.165) is 26.4 Å². The summed E-state index contributed by atoms with van der Waals surface area (Å²) in [4.78, 5) is 11.1. The topological polar surface area (TPSA) is 69.2 Å². The Kier molecular flexibility index (Phi) is 5.69. The van der Waals surface area contributed by atoms with Crippen LogP contribution in [0.1, 0.15) is 5.82 Å². The number of aromatic nitrogens is 2. The molecular weight excluding hydrogens is 424 g/mol. The predicted octanol–water partition coefficient (Wildman–Crippen LogP) is 5.06. The molecule has 0 bridgehead atoms. The van der Waals surface area contributed by atoms with Gasteiger partial charge in [0.05, 0.1) is 10.3 Å². The maximum Gasteiger partial charge on any atom is 0.176 e. The first kappa shape index (κ1) is 20.0. The van der Waals surface area contributed by atoms with Crippen LogP contribution in [0.5, 0.6) is 0 Å². The van der Waals surface area contributed by atoms with Crippen molar-refractivity contribution < 1.29 is 13.2 Å². The van der Waals surface area contributed by atoms with Crippen molar-refractivity contribution in [2.45, 2.75) is 21.4 Å². The summed E-state index contributed by atoms with van der Waals surface area (Å²) >= 11 is 2.89. The number of fused-ring (bicyclic) bond motifs is 1. The van der Waals surface area contributed by atoms with Crippen molar-refractivity contribution in [1.29, 1.82) is 0 Å². The highest BCUT2D eigenvalue weighted by molar-refractivity contribution is 8.00. The van der Waals surface area contributed by atoms with E-state index in [1.807, 2.05) is 36.4 Å². The van der Waals surface area contributed by atoms with E-state index in [4.69, 9.17) is 9.72 Å². The van der Waals surface area contributed by atoms with Gasteiger partial charge in [0.2, 0.25) is 0 Å². The van der Waals surface area contributed by atoms with Gasteiger partial charge < -0.3 is 4.74 Å². The number of hydrogen-bond acceptors (Lipinski definition) is 7. The van der Waals surface area contributed by atoms with Gasteiger partial charge in [-0.05, 0) is 17.7 Å². The summed E-state index contributed by atoms with van der Waals surface area (Å²) in [5.74, 6) is 0.570. The maximum atomic E-state index is 12.3. The van der Waals surface area contributed by atoms with Crippen LogP contribution in [0.4, 0.5) is 0 Å². The minimum absolute atomic E-state index is 0.287. The predicted molar refractivity (Wildman–Crippen MR) is 117 cm³/mol. The quantitative estimate of drug-likeness (QED) is 0.389. The van der Waals surface area contributed by atoms with Crippen molar-refractivity contribution in [3.63, 3.8) is 0 Å². The fourth-order valence-corrected chi connectivity index (χ4v) is 6.35. The summed E-state index contributed by atoms with van der Waals surface area (Å²) < 4.78 is 29.7. The zero-order chi connectivity index (χ0) is 20.4. The van der Waals surface area contributed by atoms with Gasteiger partial charge in [0, 0.05) is 29.2 Å². The number of nitrogens with zero attached hydrogens (tertiary/aromatic N) is 2. The lowest BCUT2D eigenvalue weighted by Gasteiger charge is -2.10. The first-order valence-corrected chi connectivity index (χ1v) is 12.4. The second kappa shape index (κ2) is 8.23. The molecule has 4 rings (SSSR count). The summed E-state index contributed by atoms with van der Waals surface area (Å²) in [5.41, 5.74) is 2.11. The summed E-state index contributed by atoms with van der Waals surface area (Å²) in [6.45, 7) is 0.287. The summed E-state index contributed by atoms with van der Waals surface area (Å²) in [5, 5.41) is 3.71. The molecule has 0 atom stereocenters. The highest BCUT2D eigenvalue weighted by Crippen LogP contribution is 2.41. The van der Waals surface area contributed by atoms with E-state index in [9.17, 15) is 8.42 Å². The molecule has 8 heteroatoms. The molecule has 5 nitrogen and oxygen atoms in total. The molecule has 0 aliphatic carbocycles. The molecule has 4 aromatic rings. The van der Waals surface area contributed by atoms with Crippen molar-refractivity contribution in [3.8, 4) is 11.1 Å². The number of rotatable bonds is 6. The van der Waals surface area contributed by atoms with Gasteiger partial charge in [0.15, 0.2) is 15.7 Å². The van der Waals surface area contributed by atoms with Crippen LogP contribution in [0.3, 0.4) is 0 Å². The fourth-order valence-electron chi connectivity index (χ4n) is 2.99. The Morgan fingerprint density at radius 1 is 1.03 bits per heavy atom. The molecule has 0 saturated carbocycles. The second-order valence-electron chi connectivity index (χ2n) is 6.39. The number of benzene rings is 2. The fraction of sp³-hybridized carbons (Fsp3) is 0.143. The second-order valence-corrected chi connectivity index (χ2v) is 10.3. The van der Waals surface area contributed by atoms with Crippen LogP contribution in [0.25, 0.3) is 21.3 Å². The monoisotopic (exact) mass is 442 g/mol. The van der Waals surface area contributed by atoms with Crippen LogP contribution in [-0.2, 0) is 21.2 Å². The summed E-state index contributed by atoms with van der Waals surface area (Å²) in [6, 6.07) is 17.0. The Bertz CT molecular complexity index is 1270. The Labute approximate surface area is 177 Å². The molecular formula is C21H18N2O3S3. The minimum Gasteiger partial charge on any atom is -0.377 e. The van der Waals surface area contributed by atoms with Crippen LogP contribution >= 0.6 is 23.1 Å². The third-order valence-electron chi connectivity index (χ3n) is 4.26. The molecule has 0 fully saturated rings. The van der Waals surface area contributed by atoms with Crippen molar-refractivity contribution in [2.24, 2.45) is 0 Å². The van der Waals surface area contributed by atoms with E-state index in [1.165, 1.54) is 18.0 Å². The Hall–Kier alpha value is -2.26.